The number of hydrogen-bond donors (Lipinski definition) is 1. The Hall–Kier alpha value is -1.15. The molecule has 0 saturated heterocycles. The molecule has 2 atom stereocenters. The van der Waals surface area contributed by atoms with Gasteiger partial charge in [-0.3, -0.25) is 4.98 Å². The second kappa shape index (κ2) is 4.61. The summed E-state index contributed by atoms with van der Waals surface area (Å²) in [6.07, 6.45) is 11.6. The Labute approximate surface area is 103 Å². The SMILES string of the molecule is NC1C=C(C2CCc3cccnc32)CCCC1. The number of nitrogens with two attached hydrogens (primary N) is 1. The van der Waals surface area contributed by atoms with Crippen LogP contribution in [0.2, 0.25) is 0 Å². The van der Waals surface area contributed by atoms with Gasteiger partial charge in [-0.2, -0.15) is 0 Å². The summed E-state index contributed by atoms with van der Waals surface area (Å²) in [5, 5.41) is 0. The van der Waals surface area contributed by atoms with E-state index in [9.17, 15) is 0 Å². The normalized spacial score (nSPS) is 28.4. The number of allylic oxidation sites excluding steroid dienone is 1. The molecule has 2 unspecified atom stereocenters. The van der Waals surface area contributed by atoms with Crippen LogP contribution in [0.5, 0.6) is 0 Å². The number of aryl methyl sites for hydroxylation is 1. The van der Waals surface area contributed by atoms with Crippen molar-refractivity contribution in [3.05, 3.63) is 41.2 Å². The maximum absolute atomic E-state index is 6.12. The lowest BCUT2D eigenvalue weighted by molar-refractivity contribution is 0.646. The van der Waals surface area contributed by atoms with Crippen molar-refractivity contribution >= 4 is 0 Å². The van der Waals surface area contributed by atoms with Crippen molar-refractivity contribution in [3.63, 3.8) is 0 Å². The average molecular weight is 228 g/mol. The van der Waals surface area contributed by atoms with Gasteiger partial charge in [0.25, 0.3) is 0 Å². The summed E-state index contributed by atoms with van der Waals surface area (Å²) in [6, 6.07) is 4.54. The highest BCUT2D eigenvalue weighted by Gasteiger charge is 2.27. The topological polar surface area (TPSA) is 38.9 Å². The first-order chi connectivity index (χ1) is 8.34. The van der Waals surface area contributed by atoms with E-state index in [1.165, 1.54) is 43.4 Å². The van der Waals surface area contributed by atoms with Gasteiger partial charge in [-0.25, -0.2) is 0 Å². The van der Waals surface area contributed by atoms with Gasteiger partial charge in [-0.05, 0) is 43.7 Å². The van der Waals surface area contributed by atoms with Crippen LogP contribution in [-0.2, 0) is 6.42 Å². The summed E-state index contributed by atoms with van der Waals surface area (Å²) in [5.41, 5.74) is 10.4. The third-order valence-electron chi connectivity index (χ3n) is 4.09. The van der Waals surface area contributed by atoms with E-state index in [0.29, 0.717) is 5.92 Å². The molecule has 2 aliphatic carbocycles. The first-order valence-corrected chi connectivity index (χ1v) is 6.74. The quantitative estimate of drug-likeness (QED) is 0.751. The molecule has 3 rings (SSSR count). The number of rotatable bonds is 1. The van der Waals surface area contributed by atoms with E-state index in [1.54, 1.807) is 5.57 Å². The predicted octanol–water partition coefficient (Wildman–Crippen LogP) is 2.94. The number of nitrogens with zero attached hydrogens (tertiary/aromatic N) is 1. The molecule has 0 bridgehead atoms. The second-order valence-electron chi connectivity index (χ2n) is 5.29. The van der Waals surface area contributed by atoms with E-state index in [-0.39, 0.29) is 6.04 Å². The zero-order valence-corrected chi connectivity index (χ0v) is 10.2. The summed E-state index contributed by atoms with van der Waals surface area (Å²) in [4.78, 5) is 4.59. The Morgan fingerprint density at radius 2 is 2.12 bits per heavy atom. The molecule has 17 heavy (non-hydrogen) atoms. The number of hydrogen-bond acceptors (Lipinski definition) is 2. The molecule has 0 amide bonds. The number of fused-ring (bicyclic) bond motifs is 1. The van der Waals surface area contributed by atoms with Crippen molar-refractivity contribution in [3.8, 4) is 0 Å². The monoisotopic (exact) mass is 228 g/mol. The largest absolute Gasteiger partial charge is 0.324 e. The summed E-state index contributed by atoms with van der Waals surface area (Å²) < 4.78 is 0. The molecule has 1 aromatic heterocycles. The van der Waals surface area contributed by atoms with Gasteiger partial charge in [-0.15, -0.1) is 0 Å². The molecule has 1 heterocycles. The lowest BCUT2D eigenvalue weighted by Gasteiger charge is -2.15. The lowest BCUT2D eigenvalue weighted by Crippen LogP contribution is -2.16. The highest BCUT2D eigenvalue weighted by Crippen LogP contribution is 2.39. The molecule has 2 aliphatic rings. The molecule has 2 N–H and O–H groups in total. The smallest absolute Gasteiger partial charge is 0.0506 e. The van der Waals surface area contributed by atoms with E-state index in [2.05, 4.69) is 23.2 Å². The molecule has 90 valence electrons. The first kappa shape index (κ1) is 11.0. The van der Waals surface area contributed by atoms with E-state index >= 15 is 0 Å². The minimum absolute atomic E-state index is 0.264. The van der Waals surface area contributed by atoms with Crippen LogP contribution in [0.15, 0.2) is 30.0 Å². The third-order valence-corrected chi connectivity index (χ3v) is 4.09. The van der Waals surface area contributed by atoms with Gasteiger partial charge < -0.3 is 5.73 Å². The summed E-state index contributed by atoms with van der Waals surface area (Å²) in [5.74, 6) is 0.551. The Morgan fingerprint density at radius 3 is 3.06 bits per heavy atom. The average Bonchev–Trinajstić information content (AvgIpc) is 2.66. The third kappa shape index (κ3) is 2.14. The lowest BCUT2D eigenvalue weighted by atomic mass is 9.92. The molecule has 0 aromatic carbocycles. The second-order valence-corrected chi connectivity index (χ2v) is 5.29. The number of aromatic nitrogens is 1. The van der Waals surface area contributed by atoms with Gasteiger partial charge >= 0.3 is 0 Å². The minimum atomic E-state index is 0.264. The Kier molecular flexibility index (Phi) is 2.98. The molecule has 0 saturated carbocycles. The first-order valence-electron chi connectivity index (χ1n) is 6.74. The van der Waals surface area contributed by atoms with Crippen LogP contribution in [0.4, 0.5) is 0 Å². The molecule has 2 heteroatoms. The van der Waals surface area contributed by atoms with Gasteiger partial charge in [-0.1, -0.05) is 24.1 Å². The van der Waals surface area contributed by atoms with Crippen LogP contribution in [0, 0.1) is 0 Å². The molecule has 0 radical (unpaired) electrons. The maximum Gasteiger partial charge on any atom is 0.0506 e. The maximum atomic E-state index is 6.12. The zero-order chi connectivity index (χ0) is 11.7. The predicted molar refractivity (Wildman–Crippen MR) is 69.8 cm³/mol. The van der Waals surface area contributed by atoms with Crippen molar-refractivity contribution in [2.45, 2.75) is 50.5 Å². The van der Waals surface area contributed by atoms with Crippen LogP contribution in [0.25, 0.3) is 0 Å². The summed E-state index contributed by atoms with van der Waals surface area (Å²) in [7, 11) is 0. The van der Waals surface area contributed by atoms with Gasteiger partial charge in [0, 0.05) is 18.2 Å². The molecular weight excluding hydrogens is 208 g/mol. The van der Waals surface area contributed by atoms with Gasteiger partial charge in [0.1, 0.15) is 0 Å². The van der Waals surface area contributed by atoms with E-state index < -0.39 is 0 Å². The van der Waals surface area contributed by atoms with Crippen LogP contribution in [-0.4, -0.2) is 11.0 Å². The van der Waals surface area contributed by atoms with Crippen molar-refractivity contribution in [2.24, 2.45) is 5.73 Å². The fourth-order valence-electron chi connectivity index (χ4n) is 3.21. The fourth-order valence-corrected chi connectivity index (χ4v) is 3.21. The zero-order valence-electron chi connectivity index (χ0n) is 10.2. The van der Waals surface area contributed by atoms with Crippen LogP contribution >= 0.6 is 0 Å². The Morgan fingerprint density at radius 1 is 1.18 bits per heavy atom. The highest BCUT2D eigenvalue weighted by atomic mass is 14.7. The Balaban J connectivity index is 1.90. The van der Waals surface area contributed by atoms with Crippen molar-refractivity contribution in [2.75, 3.05) is 0 Å². The van der Waals surface area contributed by atoms with Gasteiger partial charge in [0.05, 0.1) is 5.69 Å². The molecule has 0 aliphatic heterocycles. The standard InChI is InChI=1S/C15H20N2/c16-13-6-2-1-4-12(10-13)14-8-7-11-5-3-9-17-15(11)14/h3,5,9-10,13-14H,1-2,4,6-8,16H2. The van der Waals surface area contributed by atoms with E-state index in [1.807, 2.05) is 6.20 Å². The molecule has 2 nitrogen and oxygen atoms in total. The van der Waals surface area contributed by atoms with Crippen molar-refractivity contribution in [1.82, 2.24) is 4.98 Å². The van der Waals surface area contributed by atoms with Crippen LogP contribution in [0.3, 0.4) is 0 Å². The van der Waals surface area contributed by atoms with Crippen molar-refractivity contribution < 1.29 is 0 Å². The molecule has 1 aromatic rings. The van der Waals surface area contributed by atoms with Crippen LogP contribution in [0.1, 0.15) is 49.3 Å². The Bertz CT molecular complexity index is 436. The van der Waals surface area contributed by atoms with Gasteiger partial charge in [0.15, 0.2) is 0 Å². The molecular formula is C15H20N2. The summed E-state index contributed by atoms with van der Waals surface area (Å²) >= 11 is 0. The molecule has 0 spiro atoms. The molecule has 0 fully saturated rings. The van der Waals surface area contributed by atoms with Crippen molar-refractivity contribution in [1.29, 1.82) is 0 Å². The number of pyridine rings is 1. The highest BCUT2D eigenvalue weighted by molar-refractivity contribution is 5.36. The minimum Gasteiger partial charge on any atom is -0.324 e. The summed E-state index contributed by atoms with van der Waals surface area (Å²) in [6.45, 7) is 0. The van der Waals surface area contributed by atoms with Crippen LogP contribution < -0.4 is 5.73 Å². The van der Waals surface area contributed by atoms with E-state index in [4.69, 9.17) is 5.73 Å². The van der Waals surface area contributed by atoms with E-state index in [0.717, 1.165) is 6.42 Å². The fraction of sp³-hybridized carbons (Fsp3) is 0.533. The van der Waals surface area contributed by atoms with Gasteiger partial charge in [0.2, 0.25) is 0 Å².